The molecule has 1 fully saturated rings. The SMILES string of the molecule is C[C@H]1[C@H](C)O[C@H](COC(=O)c2ccccc2)C[C@@H]1N(C)C. The Morgan fingerprint density at radius 2 is 1.95 bits per heavy atom. The van der Waals surface area contributed by atoms with E-state index in [1.165, 1.54) is 0 Å². The second-order valence-corrected chi connectivity index (χ2v) is 6.05. The Morgan fingerprint density at radius 1 is 1.29 bits per heavy atom. The molecule has 4 atom stereocenters. The van der Waals surface area contributed by atoms with Crippen LogP contribution in [0.25, 0.3) is 0 Å². The number of ether oxygens (including phenoxy) is 2. The van der Waals surface area contributed by atoms with Gasteiger partial charge in [0.05, 0.1) is 17.8 Å². The zero-order chi connectivity index (χ0) is 15.4. The van der Waals surface area contributed by atoms with Crippen molar-refractivity contribution in [1.82, 2.24) is 4.90 Å². The Morgan fingerprint density at radius 3 is 2.57 bits per heavy atom. The maximum atomic E-state index is 12.0. The van der Waals surface area contributed by atoms with Gasteiger partial charge >= 0.3 is 5.97 Å². The third kappa shape index (κ3) is 4.05. The van der Waals surface area contributed by atoms with E-state index >= 15 is 0 Å². The molecule has 1 saturated heterocycles. The summed E-state index contributed by atoms with van der Waals surface area (Å²) in [7, 11) is 4.18. The molecular weight excluding hydrogens is 266 g/mol. The van der Waals surface area contributed by atoms with Gasteiger partial charge in [0, 0.05) is 6.04 Å². The molecule has 1 aromatic carbocycles. The van der Waals surface area contributed by atoms with E-state index in [0.717, 1.165) is 6.42 Å². The van der Waals surface area contributed by atoms with Gasteiger partial charge in [-0.2, -0.15) is 0 Å². The monoisotopic (exact) mass is 291 g/mol. The Balaban J connectivity index is 1.90. The van der Waals surface area contributed by atoms with Gasteiger partial charge in [-0.05, 0) is 45.5 Å². The number of esters is 1. The number of hydrogen-bond acceptors (Lipinski definition) is 4. The summed E-state index contributed by atoms with van der Waals surface area (Å²) >= 11 is 0. The van der Waals surface area contributed by atoms with Crippen molar-refractivity contribution in [2.45, 2.75) is 38.5 Å². The molecule has 2 rings (SSSR count). The van der Waals surface area contributed by atoms with Gasteiger partial charge in [-0.25, -0.2) is 4.79 Å². The van der Waals surface area contributed by atoms with Crippen LogP contribution >= 0.6 is 0 Å². The van der Waals surface area contributed by atoms with Crippen LogP contribution in [0.15, 0.2) is 30.3 Å². The molecular formula is C17H25NO3. The molecule has 21 heavy (non-hydrogen) atoms. The zero-order valence-corrected chi connectivity index (χ0v) is 13.3. The highest BCUT2D eigenvalue weighted by Crippen LogP contribution is 2.28. The Hall–Kier alpha value is -1.39. The van der Waals surface area contributed by atoms with Gasteiger partial charge in [0.1, 0.15) is 6.61 Å². The van der Waals surface area contributed by atoms with Crippen molar-refractivity contribution in [3.63, 3.8) is 0 Å². The van der Waals surface area contributed by atoms with Crippen LogP contribution in [0.3, 0.4) is 0 Å². The molecule has 0 amide bonds. The molecule has 4 heteroatoms. The van der Waals surface area contributed by atoms with E-state index in [2.05, 4.69) is 32.8 Å². The first-order valence-electron chi connectivity index (χ1n) is 7.53. The average Bonchev–Trinajstić information content (AvgIpc) is 2.48. The lowest BCUT2D eigenvalue weighted by Gasteiger charge is -2.42. The normalized spacial score (nSPS) is 29.4. The lowest BCUT2D eigenvalue weighted by molar-refractivity contribution is -0.117. The molecule has 1 aliphatic heterocycles. The van der Waals surface area contributed by atoms with E-state index in [0.29, 0.717) is 24.1 Å². The van der Waals surface area contributed by atoms with Crippen LogP contribution in [-0.2, 0) is 9.47 Å². The third-order valence-corrected chi connectivity index (χ3v) is 4.33. The summed E-state index contributed by atoms with van der Waals surface area (Å²) in [6.07, 6.45) is 1.03. The second kappa shape index (κ2) is 7.05. The first-order chi connectivity index (χ1) is 9.99. The van der Waals surface area contributed by atoms with E-state index < -0.39 is 0 Å². The van der Waals surface area contributed by atoms with Crippen LogP contribution in [0, 0.1) is 5.92 Å². The van der Waals surface area contributed by atoms with Crippen molar-refractivity contribution in [2.24, 2.45) is 5.92 Å². The summed E-state index contributed by atoms with van der Waals surface area (Å²) in [6, 6.07) is 9.52. The molecule has 0 aromatic heterocycles. The molecule has 116 valence electrons. The molecule has 0 spiro atoms. The van der Waals surface area contributed by atoms with Gasteiger partial charge in [0.15, 0.2) is 0 Å². The summed E-state index contributed by atoms with van der Waals surface area (Å²) in [5.74, 6) is 0.188. The minimum Gasteiger partial charge on any atom is -0.459 e. The van der Waals surface area contributed by atoms with Gasteiger partial charge < -0.3 is 14.4 Å². The van der Waals surface area contributed by atoms with Gasteiger partial charge in [0.25, 0.3) is 0 Å². The van der Waals surface area contributed by atoms with E-state index in [9.17, 15) is 4.79 Å². The molecule has 4 nitrogen and oxygen atoms in total. The van der Waals surface area contributed by atoms with Crippen molar-refractivity contribution in [1.29, 1.82) is 0 Å². The van der Waals surface area contributed by atoms with Crippen molar-refractivity contribution < 1.29 is 14.3 Å². The maximum absolute atomic E-state index is 12.0. The zero-order valence-electron chi connectivity index (χ0n) is 13.3. The number of carbonyl (C=O) groups excluding carboxylic acids is 1. The Kier molecular flexibility index (Phi) is 5.37. The number of hydrogen-bond donors (Lipinski definition) is 0. The minimum atomic E-state index is -0.285. The maximum Gasteiger partial charge on any atom is 0.338 e. The molecule has 0 N–H and O–H groups in total. The lowest BCUT2D eigenvalue weighted by atomic mass is 9.88. The molecule has 0 unspecified atom stereocenters. The summed E-state index contributed by atoms with van der Waals surface area (Å²) in [5, 5.41) is 0. The van der Waals surface area contributed by atoms with Crippen molar-refractivity contribution in [3.8, 4) is 0 Å². The average molecular weight is 291 g/mol. The van der Waals surface area contributed by atoms with Crippen molar-refractivity contribution >= 4 is 5.97 Å². The summed E-state index contributed by atoms with van der Waals surface area (Å²) in [4.78, 5) is 14.2. The fourth-order valence-corrected chi connectivity index (χ4v) is 2.89. The number of nitrogens with zero attached hydrogens (tertiary/aromatic N) is 1. The third-order valence-electron chi connectivity index (χ3n) is 4.33. The van der Waals surface area contributed by atoms with Crippen LogP contribution in [-0.4, -0.2) is 49.8 Å². The molecule has 1 aromatic rings. The standard InChI is InChI=1S/C17H25NO3/c1-12-13(2)21-15(10-16(12)18(3)4)11-20-17(19)14-8-6-5-7-9-14/h5-9,12-13,15-16H,10-11H2,1-4H3/t12-,13-,15-,16-/m0/s1. The van der Waals surface area contributed by atoms with Gasteiger partial charge in [-0.15, -0.1) is 0 Å². The van der Waals surface area contributed by atoms with Gasteiger partial charge in [-0.1, -0.05) is 25.1 Å². The number of rotatable bonds is 4. The molecule has 0 aliphatic carbocycles. The second-order valence-electron chi connectivity index (χ2n) is 6.05. The van der Waals surface area contributed by atoms with Crippen LogP contribution in [0.2, 0.25) is 0 Å². The Labute approximate surface area is 127 Å². The van der Waals surface area contributed by atoms with Crippen molar-refractivity contribution in [2.75, 3.05) is 20.7 Å². The number of benzene rings is 1. The fourth-order valence-electron chi connectivity index (χ4n) is 2.89. The highest BCUT2D eigenvalue weighted by molar-refractivity contribution is 5.89. The lowest BCUT2D eigenvalue weighted by Crippen LogP contribution is -2.49. The van der Waals surface area contributed by atoms with Crippen LogP contribution in [0.5, 0.6) is 0 Å². The van der Waals surface area contributed by atoms with Gasteiger partial charge in [0.2, 0.25) is 0 Å². The molecule has 0 bridgehead atoms. The molecule has 1 heterocycles. The fraction of sp³-hybridized carbons (Fsp3) is 0.588. The van der Waals surface area contributed by atoms with Crippen LogP contribution in [0.4, 0.5) is 0 Å². The van der Waals surface area contributed by atoms with E-state index in [-0.39, 0.29) is 18.2 Å². The van der Waals surface area contributed by atoms with Gasteiger partial charge in [-0.3, -0.25) is 0 Å². The highest BCUT2D eigenvalue weighted by Gasteiger charge is 2.35. The largest absolute Gasteiger partial charge is 0.459 e. The first kappa shape index (κ1) is 16.0. The quantitative estimate of drug-likeness (QED) is 0.799. The van der Waals surface area contributed by atoms with E-state index in [1.807, 2.05) is 18.2 Å². The van der Waals surface area contributed by atoms with E-state index in [1.54, 1.807) is 12.1 Å². The first-order valence-corrected chi connectivity index (χ1v) is 7.53. The van der Waals surface area contributed by atoms with Crippen LogP contribution in [0.1, 0.15) is 30.6 Å². The summed E-state index contributed by atoms with van der Waals surface area (Å²) in [6.45, 7) is 4.61. The number of carbonyl (C=O) groups is 1. The predicted molar refractivity (Wildman–Crippen MR) is 82.3 cm³/mol. The summed E-state index contributed by atoms with van der Waals surface area (Å²) in [5.41, 5.74) is 0.582. The minimum absolute atomic E-state index is 0.0312. The predicted octanol–water partition coefficient (Wildman–Crippen LogP) is 2.59. The Bertz CT molecular complexity index is 460. The van der Waals surface area contributed by atoms with Crippen LogP contribution < -0.4 is 0 Å². The highest BCUT2D eigenvalue weighted by atomic mass is 16.6. The topological polar surface area (TPSA) is 38.8 Å². The summed E-state index contributed by atoms with van der Waals surface area (Å²) < 4.78 is 11.4. The van der Waals surface area contributed by atoms with Crippen molar-refractivity contribution in [3.05, 3.63) is 35.9 Å². The molecule has 0 saturated carbocycles. The smallest absolute Gasteiger partial charge is 0.338 e. The van der Waals surface area contributed by atoms with E-state index in [4.69, 9.17) is 9.47 Å². The molecule has 1 aliphatic rings. The molecule has 0 radical (unpaired) electrons.